The second kappa shape index (κ2) is 5.76. The third-order valence-electron chi connectivity index (χ3n) is 2.91. The van der Waals surface area contributed by atoms with Crippen molar-refractivity contribution in [3.63, 3.8) is 0 Å². The summed E-state index contributed by atoms with van der Waals surface area (Å²) in [5.41, 5.74) is 2.08. The van der Waals surface area contributed by atoms with Gasteiger partial charge in [-0.2, -0.15) is 0 Å². The number of rotatable bonds is 3. The van der Waals surface area contributed by atoms with Crippen molar-refractivity contribution in [2.75, 3.05) is 6.61 Å². The Kier molecular flexibility index (Phi) is 4.32. The normalized spacial score (nSPS) is 18.4. The number of aliphatic hydroxyl groups excluding tert-OH is 1. The molecule has 1 unspecified atom stereocenters. The van der Waals surface area contributed by atoms with Gasteiger partial charge in [-0.05, 0) is 42.5 Å². The first-order valence-electron chi connectivity index (χ1n) is 5.62. The van der Waals surface area contributed by atoms with Crippen molar-refractivity contribution in [1.29, 1.82) is 0 Å². The lowest BCUT2D eigenvalue weighted by molar-refractivity contribution is 0.155. The number of fused-ring (bicyclic) bond motifs is 1. The third kappa shape index (κ3) is 3.15. The Morgan fingerprint density at radius 3 is 3.06 bits per heavy atom. The number of benzene rings is 1. The minimum absolute atomic E-state index is 0.204. The zero-order valence-corrected chi connectivity index (χ0v) is 10.8. The van der Waals surface area contributed by atoms with Gasteiger partial charge in [0.2, 0.25) is 0 Å². The highest BCUT2D eigenvalue weighted by molar-refractivity contribution is 6.55. The molecule has 2 nitrogen and oxygen atoms in total. The molecule has 2 rings (SSSR count). The maximum Gasteiger partial charge on any atom is 0.123 e. The molecule has 0 aromatic heterocycles. The molecule has 0 radical (unpaired) electrons. The highest BCUT2D eigenvalue weighted by Gasteiger charge is 2.20. The average Bonchev–Trinajstić information content (AvgIpc) is 2.30. The largest absolute Gasteiger partial charge is 0.489 e. The van der Waals surface area contributed by atoms with Crippen molar-refractivity contribution >= 4 is 23.2 Å². The maximum atomic E-state index is 9.89. The van der Waals surface area contributed by atoms with E-state index in [4.69, 9.17) is 27.9 Å². The van der Waals surface area contributed by atoms with Gasteiger partial charge in [0.1, 0.15) is 16.8 Å². The Morgan fingerprint density at radius 1 is 1.47 bits per heavy atom. The second-order valence-electron chi connectivity index (χ2n) is 4.04. The summed E-state index contributed by atoms with van der Waals surface area (Å²) in [6.07, 6.45) is 3.99. The lowest BCUT2D eigenvalue weighted by atomic mass is 9.89. The lowest BCUT2D eigenvalue weighted by Gasteiger charge is -2.23. The summed E-state index contributed by atoms with van der Waals surface area (Å²) >= 11 is 11.0. The van der Waals surface area contributed by atoms with Gasteiger partial charge in [0.05, 0.1) is 6.10 Å². The minimum Gasteiger partial charge on any atom is -0.489 e. The highest BCUT2D eigenvalue weighted by atomic mass is 35.5. The fourth-order valence-electron chi connectivity index (χ4n) is 2.12. The van der Waals surface area contributed by atoms with Crippen molar-refractivity contribution < 1.29 is 9.84 Å². The van der Waals surface area contributed by atoms with Crippen molar-refractivity contribution in [3.8, 4) is 5.75 Å². The molecule has 0 amide bonds. The Balaban J connectivity index is 2.17. The van der Waals surface area contributed by atoms with Crippen molar-refractivity contribution in [2.24, 2.45) is 0 Å². The summed E-state index contributed by atoms with van der Waals surface area (Å²) in [5.74, 6) is 0.812. The molecule has 0 aliphatic heterocycles. The van der Waals surface area contributed by atoms with Gasteiger partial charge in [-0.25, -0.2) is 0 Å². The van der Waals surface area contributed by atoms with Crippen LogP contribution in [0.5, 0.6) is 5.75 Å². The van der Waals surface area contributed by atoms with Crippen LogP contribution < -0.4 is 4.74 Å². The second-order valence-corrected chi connectivity index (χ2v) is 5.04. The number of aliphatic hydroxyl groups is 1. The van der Waals surface area contributed by atoms with Gasteiger partial charge in [-0.3, -0.25) is 0 Å². The molecule has 0 saturated heterocycles. The molecule has 0 saturated carbocycles. The molecule has 1 atom stereocenters. The van der Waals surface area contributed by atoms with E-state index >= 15 is 0 Å². The minimum atomic E-state index is -0.366. The number of hydrogen-bond acceptors (Lipinski definition) is 2. The van der Waals surface area contributed by atoms with E-state index in [-0.39, 0.29) is 10.6 Å². The maximum absolute atomic E-state index is 9.89. The van der Waals surface area contributed by atoms with E-state index in [1.54, 1.807) is 6.08 Å². The van der Waals surface area contributed by atoms with Crippen LogP contribution in [-0.2, 0) is 6.42 Å². The summed E-state index contributed by atoms with van der Waals surface area (Å²) in [6.45, 7) is 0.342. The Hall–Kier alpha value is -0.700. The molecule has 1 aromatic rings. The van der Waals surface area contributed by atoms with Gasteiger partial charge in [0.25, 0.3) is 0 Å². The predicted octanol–water partition coefficient (Wildman–Crippen LogP) is 3.75. The fraction of sp³-hybridized carbons (Fsp3) is 0.385. The molecule has 1 aromatic carbocycles. The van der Waals surface area contributed by atoms with Crippen molar-refractivity contribution in [2.45, 2.75) is 25.4 Å². The van der Waals surface area contributed by atoms with Crippen LogP contribution in [0.4, 0.5) is 0 Å². The van der Waals surface area contributed by atoms with E-state index in [9.17, 15) is 5.11 Å². The average molecular weight is 273 g/mol. The lowest BCUT2D eigenvalue weighted by Crippen LogP contribution is -2.11. The van der Waals surface area contributed by atoms with Gasteiger partial charge in [0, 0.05) is 0 Å². The molecule has 0 spiro atoms. The summed E-state index contributed by atoms with van der Waals surface area (Å²) in [5, 5.41) is 9.89. The van der Waals surface area contributed by atoms with E-state index < -0.39 is 0 Å². The van der Waals surface area contributed by atoms with E-state index in [0.717, 1.165) is 36.1 Å². The van der Waals surface area contributed by atoms with Gasteiger partial charge < -0.3 is 9.84 Å². The van der Waals surface area contributed by atoms with Gasteiger partial charge >= 0.3 is 0 Å². The molecule has 92 valence electrons. The molecule has 4 heteroatoms. The monoisotopic (exact) mass is 272 g/mol. The van der Waals surface area contributed by atoms with Crippen LogP contribution in [0.3, 0.4) is 0 Å². The third-order valence-corrected chi connectivity index (χ3v) is 3.22. The summed E-state index contributed by atoms with van der Waals surface area (Å²) in [7, 11) is 0. The topological polar surface area (TPSA) is 29.5 Å². The quantitative estimate of drug-likeness (QED) is 0.908. The predicted molar refractivity (Wildman–Crippen MR) is 69.6 cm³/mol. The van der Waals surface area contributed by atoms with Crippen LogP contribution in [0.25, 0.3) is 0 Å². The van der Waals surface area contributed by atoms with Gasteiger partial charge in [0.15, 0.2) is 0 Å². The summed E-state index contributed by atoms with van der Waals surface area (Å²) in [4.78, 5) is 0. The van der Waals surface area contributed by atoms with E-state index in [0.29, 0.717) is 6.61 Å². The first kappa shape index (κ1) is 12.7. The zero-order chi connectivity index (χ0) is 12.3. The number of ether oxygens (including phenoxy) is 1. The van der Waals surface area contributed by atoms with Crippen LogP contribution in [0.2, 0.25) is 0 Å². The standard InChI is InChI=1S/C13H14Cl2O2/c14-13(15)7-8-17-12-6-2-3-9-10(12)4-1-5-11(9)16/h2-3,6-7,11,16H,1,4-5,8H2. The smallest absolute Gasteiger partial charge is 0.123 e. The van der Waals surface area contributed by atoms with Crippen LogP contribution >= 0.6 is 23.2 Å². The fourth-order valence-corrected chi connectivity index (χ4v) is 2.25. The molecule has 17 heavy (non-hydrogen) atoms. The van der Waals surface area contributed by atoms with E-state index in [1.165, 1.54) is 0 Å². The Bertz CT molecular complexity index is 425. The molecular weight excluding hydrogens is 259 g/mol. The molecule has 0 fully saturated rings. The Morgan fingerprint density at radius 2 is 2.29 bits per heavy atom. The SMILES string of the molecule is OC1CCCc2c(OCC=C(Cl)Cl)cccc21. The first-order chi connectivity index (χ1) is 8.18. The molecule has 0 heterocycles. The molecular formula is C13H14Cl2O2. The van der Waals surface area contributed by atoms with Crippen molar-refractivity contribution in [3.05, 3.63) is 39.9 Å². The van der Waals surface area contributed by atoms with Crippen LogP contribution in [-0.4, -0.2) is 11.7 Å². The molecule has 1 aliphatic carbocycles. The molecule has 1 N–H and O–H groups in total. The number of halogens is 2. The highest BCUT2D eigenvalue weighted by Crippen LogP contribution is 2.35. The number of hydrogen-bond donors (Lipinski definition) is 1. The van der Waals surface area contributed by atoms with Crippen LogP contribution in [0.15, 0.2) is 28.8 Å². The van der Waals surface area contributed by atoms with Crippen LogP contribution in [0.1, 0.15) is 30.1 Å². The molecule has 1 aliphatic rings. The van der Waals surface area contributed by atoms with Gasteiger partial charge in [-0.15, -0.1) is 0 Å². The Labute approximate surface area is 111 Å². The molecule has 0 bridgehead atoms. The van der Waals surface area contributed by atoms with Crippen LogP contribution in [0, 0.1) is 0 Å². The summed E-state index contributed by atoms with van der Waals surface area (Å²) in [6, 6.07) is 5.76. The zero-order valence-electron chi connectivity index (χ0n) is 9.33. The van der Waals surface area contributed by atoms with Gasteiger partial charge in [-0.1, -0.05) is 35.3 Å². The van der Waals surface area contributed by atoms with Crippen molar-refractivity contribution in [1.82, 2.24) is 0 Å². The van der Waals surface area contributed by atoms with E-state index in [1.807, 2.05) is 18.2 Å². The first-order valence-corrected chi connectivity index (χ1v) is 6.38. The summed E-state index contributed by atoms with van der Waals surface area (Å²) < 4.78 is 5.81. The van der Waals surface area contributed by atoms with E-state index in [2.05, 4.69) is 0 Å².